The summed E-state index contributed by atoms with van der Waals surface area (Å²) in [6.45, 7) is 5.29. The number of aromatic nitrogens is 2. The predicted octanol–water partition coefficient (Wildman–Crippen LogP) is 2.67. The lowest BCUT2D eigenvalue weighted by Gasteiger charge is -2.14. The molecular weight excluding hydrogens is 408 g/mol. The van der Waals surface area contributed by atoms with Crippen LogP contribution in [0, 0.1) is 0 Å². The molecule has 4 heterocycles. The van der Waals surface area contributed by atoms with Gasteiger partial charge in [-0.1, -0.05) is 36.1 Å². The number of pyridine rings is 1. The molecule has 0 radical (unpaired) electrons. The molecular formula is C20H20N4O3S2. The zero-order chi connectivity index (χ0) is 20.4. The van der Waals surface area contributed by atoms with E-state index in [4.69, 9.17) is 17.0 Å². The van der Waals surface area contributed by atoms with E-state index in [2.05, 4.69) is 16.9 Å². The summed E-state index contributed by atoms with van der Waals surface area (Å²) in [5.41, 5.74) is 0.605. The molecule has 2 aliphatic heterocycles. The van der Waals surface area contributed by atoms with Crippen molar-refractivity contribution in [2.75, 3.05) is 25.0 Å². The summed E-state index contributed by atoms with van der Waals surface area (Å²) in [6, 6.07) is 5.36. The van der Waals surface area contributed by atoms with Gasteiger partial charge in [-0.05, 0) is 31.1 Å². The van der Waals surface area contributed by atoms with E-state index in [1.807, 2.05) is 6.07 Å². The van der Waals surface area contributed by atoms with Gasteiger partial charge in [-0.25, -0.2) is 4.98 Å². The molecule has 4 rings (SSSR count). The molecule has 29 heavy (non-hydrogen) atoms. The number of thioether (sulfide) groups is 1. The molecule has 0 spiro atoms. The highest BCUT2D eigenvalue weighted by Crippen LogP contribution is 2.33. The van der Waals surface area contributed by atoms with Crippen LogP contribution in [0.15, 0.2) is 46.8 Å². The Labute approximate surface area is 177 Å². The maximum absolute atomic E-state index is 13.2. The molecule has 0 bridgehead atoms. The summed E-state index contributed by atoms with van der Waals surface area (Å²) < 4.78 is 7.57. The van der Waals surface area contributed by atoms with Crippen LogP contribution in [0.5, 0.6) is 0 Å². The number of carbonyl (C=O) groups excluding carboxylic acids is 1. The van der Waals surface area contributed by atoms with E-state index in [0.29, 0.717) is 39.3 Å². The zero-order valence-corrected chi connectivity index (χ0v) is 17.3. The first-order valence-electron chi connectivity index (χ1n) is 9.31. The standard InChI is InChI=1S/C20H20N4O3S2/c1-2-8-24-19(26)15(29-20(24)28)11-14-17(21-12-13-6-5-10-27-13)22-16-7-3-4-9-23(16)18(14)25/h2-4,7,9,11,13,21H,1,5-6,8,10,12H2. The Morgan fingerprint density at radius 2 is 2.28 bits per heavy atom. The van der Waals surface area contributed by atoms with Crippen molar-refractivity contribution in [2.45, 2.75) is 18.9 Å². The van der Waals surface area contributed by atoms with Crippen LogP contribution in [0.3, 0.4) is 0 Å². The number of amides is 1. The smallest absolute Gasteiger partial charge is 0.267 e. The van der Waals surface area contributed by atoms with Gasteiger partial charge in [0, 0.05) is 25.9 Å². The Bertz CT molecular complexity index is 1070. The largest absolute Gasteiger partial charge is 0.376 e. The van der Waals surface area contributed by atoms with Crippen LogP contribution in [0.4, 0.5) is 5.82 Å². The average Bonchev–Trinajstić information content (AvgIpc) is 3.33. The van der Waals surface area contributed by atoms with Crippen molar-refractivity contribution in [3.05, 3.63) is 57.9 Å². The molecule has 150 valence electrons. The van der Waals surface area contributed by atoms with Crippen LogP contribution >= 0.6 is 24.0 Å². The van der Waals surface area contributed by atoms with Gasteiger partial charge in [0.05, 0.1) is 16.6 Å². The zero-order valence-electron chi connectivity index (χ0n) is 15.7. The Kier molecular flexibility index (Phi) is 5.79. The highest BCUT2D eigenvalue weighted by atomic mass is 32.2. The molecule has 0 aliphatic carbocycles. The van der Waals surface area contributed by atoms with Crippen molar-refractivity contribution >= 4 is 51.7 Å². The molecule has 1 atom stereocenters. The van der Waals surface area contributed by atoms with E-state index < -0.39 is 0 Å². The first-order valence-corrected chi connectivity index (χ1v) is 10.5. The molecule has 0 saturated carbocycles. The lowest BCUT2D eigenvalue weighted by Crippen LogP contribution is -2.28. The van der Waals surface area contributed by atoms with E-state index >= 15 is 0 Å². The summed E-state index contributed by atoms with van der Waals surface area (Å²) in [6.07, 6.45) is 6.94. The van der Waals surface area contributed by atoms with E-state index in [1.54, 1.807) is 30.5 Å². The van der Waals surface area contributed by atoms with Crippen LogP contribution in [-0.2, 0) is 9.53 Å². The van der Waals surface area contributed by atoms with Gasteiger partial charge < -0.3 is 10.1 Å². The molecule has 2 aliphatic rings. The fourth-order valence-corrected chi connectivity index (χ4v) is 4.56. The maximum atomic E-state index is 13.2. The average molecular weight is 429 g/mol. The third-order valence-corrected chi connectivity index (χ3v) is 6.13. The number of rotatable bonds is 6. The lowest BCUT2D eigenvalue weighted by atomic mass is 10.2. The third-order valence-electron chi connectivity index (χ3n) is 4.75. The summed E-state index contributed by atoms with van der Waals surface area (Å²) in [7, 11) is 0. The minimum atomic E-state index is -0.251. The molecule has 1 amide bonds. The Balaban J connectivity index is 1.75. The van der Waals surface area contributed by atoms with Crippen LogP contribution in [0.1, 0.15) is 18.4 Å². The molecule has 0 aromatic carbocycles. The van der Waals surface area contributed by atoms with Crippen LogP contribution in [0.2, 0.25) is 0 Å². The molecule has 2 saturated heterocycles. The molecule has 9 heteroatoms. The van der Waals surface area contributed by atoms with Gasteiger partial charge in [-0.2, -0.15) is 0 Å². The SMILES string of the molecule is C=CCN1C(=O)C(=Cc2c(NCC3CCCO3)nc3ccccn3c2=O)SC1=S. The normalized spacial score (nSPS) is 20.8. The number of carbonyl (C=O) groups is 1. The number of hydrogen-bond acceptors (Lipinski definition) is 7. The lowest BCUT2D eigenvalue weighted by molar-refractivity contribution is -0.121. The third kappa shape index (κ3) is 3.98. The molecule has 2 fully saturated rings. The second-order valence-electron chi connectivity index (χ2n) is 6.70. The molecule has 1 unspecified atom stereocenters. The molecule has 2 aromatic heterocycles. The van der Waals surface area contributed by atoms with Gasteiger partial charge >= 0.3 is 0 Å². The number of ether oxygens (including phenoxy) is 1. The highest BCUT2D eigenvalue weighted by Gasteiger charge is 2.31. The number of anilines is 1. The first-order chi connectivity index (χ1) is 14.1. The number of fused-ring (bicyclic) bond motifs is 1. The summed E-state index contributed by atoms with van der Waals surface area (Å²) in [5.74, 6) is 0.202. The van der Waals surface area contributed by atoms with Gasteiger partial charge in [0.2, 0.25) is 0 Å². The topological polar surface area (TPSA) is 75.9 Å². The van der Waals surface area contributed by atoms with Gasteiger partial charge in [0.25, 0.3) is 11.5 Å². The Hall–Kier alpha value is -2.49. The van der Waals surface area contributed by atoms with Crippen molar-refractivity contribution in [2.24, 2.45) is 0 Å². The van der Waals surface area contributed by atoms with Crippen molar-refractivity contribution in [3.63, 3.8) is 0 Å². The number of nitrogens with one attached hydrogen (secondary N) is 1. The summed E-state index contributed by atoms with van der Waals surface area (Å²) >= 11 is 6.47. The highest BCUT2D eigenvalue weighted by molar-refractivity contribution is 8.26. The fraction of sp³-hybridized carbons (Fsp3) is 0.300. The van der Waals surface area contributed by atoms with E-state index in [1.165, 1.54) is 21.1 Å². The van der Waals surface area contributed by atoms with Crippen LogP contribution in [0.25, 0.3) is 11.7 Å². The van der Waals surface area contributed by atoms with Crippen LogP contribution < -0.4 is 10.9 Å². The second kappa shape index (κ2) is 8.48. The minimum absolute atomic E-state index is 0.0877. The van der Waals surface area contributed by atoms with Crippen LogP contribution in [-0.4, -0.2) is 50.3 Å². The predicted molar refractivity (Wildman–Crippen MR) is 119 cm³/mol. The van der Waals surface area contributed by atoms with Crippen molar-refractivity contribution in [1.82, 2.24) is 14.3 Å². The summed E-state index contributed by atoms with van der Waals surface area (Å²) in [4.78, 5) is 32.3. The first kappa shape index (κ1) is 19.8. The molecule has 2 aromatic rings. The van der Waals surface area contributed by atoms with E-state index in [0.717, 1.165) is 19.4 Å². The van der Waals surface area contributed by atoms with Gasteiger partial charge in [0.1, 0.15) is 15.8 Å². The summed E-state index contributed by atoms with van der Waals surface area (Å²) in [5, 5.41) is 3.25. The number of hydrogen-bond donors (Lipinski definition) is 1. The maximum Gasteiger partial charge on any atom is 0.267 e. The van der Waals surface area contributed by atoms with Gasteiger partial charge in [-0.15, -0.1) is 6.58 Å². The second-order valence-corrected chi connectivity index (χ2v) is 8.38. The fourth-order valence-electron chi connectivity index (χ4n) is 3.30. The van der Waals surface area contributed by atoms with Crippen molar-refractivity contribution < 1.29 is 9.53 Å². The molecule has 7 nitrogen and oxygen atoms in total. The Morgan fingerprint density at radius 3 is 3.03 bits per heavy atom. The van der Waals surface area contributed by atoms with Crippen molar-refractivity contribution in [1.29, 1.82) is 0 Å². The molecule has 1 N–H and O–H groups in total. The van der Waals surface area contributed by atoms with Crippen molar-refractivity contribution in [3.8, 4) is 0 Å². The monoisotopic (exact) mass is 428 g/mol. The number of thiocarbonyl (C=S) groups is 1. The van der Waals surface area contributed by atoms with Gasteiger partial charge in [-0.3, -0.25) is 18.9 Å². The van der Waals surface area contributed by atoms with E-state index in [-0.39, 0.29) is 17.6 Å². The minimum Gasteiger partial charge on any atom is -0.376 e. The Morgan fingerprint density at radius 1 is 1.41 bits per heavy atom. The van der Waals surface area contributed by atoms with Gasteiger partial charge in [0.15, 0.2) is 0 Å². The number of nitrogens with zero attached hydrogens (tertiary/aromatic N) is 3. The van der Waals surface area contributed by atoms with E-state index in [9.17, 15) is 9.59 Å². The quantitative estimate of drug-likeness (QED) is 0.431.